The summed E-state index contributed by atoms with van der Waals surface area (Å²) in [7, 11) is 3.94. The molecule has 0 aliphatic heterocycles. The molecule has 0 amide bonds. The largest absolute Gasteiger partial charge is 0.375 e. The Balaban J connectivity index is 2.04. The third kappa shape index (κ3) is 29.4. The molecule has 0 saturated heterocycles. The van der Waals surface area contributed by atoms with Crippen molar-refractivity contribution in [3.63, 3.8) is 0 Å². The Morgan fingerprint density at radius 1 is 0.447 bits per heavy atom. The smallest absolute Gasteiger partial charge is 0.0863 e. The van der Waals surface area contributed by atoms with E-state index in [-0.39, 0.29) is 18.3 Å². The molecular formula is C43H79NO3. The number of hydroxylamine groups is 2. The van der Waals surface area contributed by atoms with Crippen LogP contribution in [0.3, 0.4) is 0 Å². The minimum absolute atomic E-state index is 0.169. The summed E-state index contributed by atoms with van der Waals surface area (Å²) in [6.07, 6.45) is 51.7. The maximum atomic E-state index is 6.38. The van der Waals surface area contributed by atoms with Gasteiger partial charge in [0.15, 0.2) is 0 Å². The highest BCUT2D eigenvalue weighted by molar-refractivity contribution is 4.93. The Morgan fingerprint density at radius 3 is 1.15 bits per heavy atom. The number of rotatable bonds is 34. The molecule has 0 aromatic heterocycles. The maximum absolute atomic E-state index is 6.38. The van der Waals surface area contributed by atoms with Crippen molar-refractivity contribution >= 4 is 0 Å². The van der Waals surface area contributed by atoms with Crippen LogP contribution >= 0.6 is 0 Å². The van der Waals surface area contributed by atoms with Crippen molar-refractivity contribution < 1.29 is 14.3 Å². The van der Waals surface area contributed by atoms with Crippen molar-refractivity contribution in [3.8, 4) is 0 Å². The van der Waals surface area contributed by atoms with Gasteiger partial charge in [0, 0.05) is 40.2 Å². The first-order valence-electron chi connectivity index (χ1n) is 20.3. The fourth-order valence-corrected chi connectivity index (χ4v) is 6.30. The molecule has 274 valence electrons. The summed E-state index contributed by atoms with van der Waals surface area (Å²) in [5.74, 6) is 0. The van der Waals surface area contributed by atoms with E-state index in [9.17, 15) is 0 Å². The number of nitrogens with zero attached hydrogens (tertiary/aromatic N) is 1. The molecule has 0 spiro atoms. The highest BCUT2D eigenvalue weighted by Crippen LogP contribution is 2.29. The normalized spacial score (nSPS) is 18.9. The summed E-state index contributed by atoms with van der Waals surface area (Å²) >= 11 is 0. The molecule has 0 heterocycles. The first-order valence-corrected chi connectivity index (χ1v) is 20.3. The standard InChI is InChI=1S/C43H79NO3/c1-5-7-9-11-13-15-17-19-21-23-25-27-29-31-33-35-37-45-42-39-41(47-44(3)4)40-43(42)46-38-36-34-32-30-28-26-24-22-20-18-16-14-12-10-8-6-2/h13-16,19-22,41-43H,5-12,17-18,23-40H2,1-4H3/b15-13-,16-14-,21-19-,22-20-. The first-order chi connectivity index (χ1) is 23.2. The quantitative estimate of drug-likeness (QED) is 0.0391. The van der Waals surface area contributed by atoms with Crippen molar-refractivity contribution in [3.05, 3.63) is 48.6 Å². The van der Waals surface area contributed by atoms with Crippen LogP contribution < -0.4 is 0 Å². The van der Waals surface area contributed by atoms with Gasteiger partial charge in [-0.3, -0.25) is 4.84 Å². The SMILES string of the molecule is CCCCC/C=C\C/C=C\CCCCCCCCOC1CC(ON(C)C)CC1OCCCCCCCC/C=C\C/C=C\CCCCC. The average molecular weight is 658 g/mol. The zero-order chi connectivity index (χ0) is 33.9. The van der Waals surface area contributed by atoms with E-state index in [2.05, 4.69) is 62.5 Å². The first kappa shape index (κ1) is 43.8. The number of unbranched alkanes of at least 4 members (excludes halogenated alkanes) is 18. The molecule has 1 fully saturated rings. The van der Waals surface area contributed by atoms with Crippen LogP contribution in [0.5, 0.6) is 0 Å². The van der Waals surface area contributed by atoms with E-state index in [1.54, 1.807) is 0 Å². The lowest BCUT2D eigenvalue weighted by molar-refractivity contribution is -0.165. The van der Waals surface area contributed by atoms with Crippen molar-refractivity contribution in [2.45, 2.75) is 199 Å². The van der Waals surface area contributed by atoms with Crippen LogP contribution in [0.1, 0.15) is 181 Å². The van der Waals surface area contributed by atoms with Crippen LogP contribution in [-0.4, -0.2) is 50.7 Å². The minimum Gasteiger partial charge on any atom is -0.375 e. The van der Waals surface area contributed by atoms with E-state index >= 15 is 0 Å². The zero-order valence-electron chi connectivity index (χ0n) is 31.8. The minimum atomic E-state index is 0.169. The fourth-order valence-electron chi connectivity index (χ4n) is 6.30. The van der Waals surface area contributed by atoms with E-state index in [4.69, 9.17) is 14.3 Å². The Kier molecular flexibility index (Phi) is 32.3. The lowest BCUT2D eigenvalue weighted by Gasteiger charge is -2.20. The lowest BCUT2D eigenvalue weighted by atomic mass is 10.1. The predicted octanol–water partition coefficient (Wildman–Crippen LogP) is 13.0. The summed E-state index contributed by atoms with van der Waals surface area (Å²) in [6, 6.07) is 0. The summed E-state index contributed by atoms with van der Waals surface area (Å²) in [6.45, 7) is 6.22. The van der Waals surface area contributed by atoms with E-state index in [1.807, 2.05) is 19.2 Å². The molecule has 0 bridgehead atoms. The van der Waals surface area contributed by atoms with Crippen molar-refractivity contribution in [2.75, 3.05) is 27.3 Å². The topological polar surface area (TPSA) is 30.9 Å². The van der Waals surface area contributed by atoms with Gasteiger partial charge in [0.25, 0.3) is 0 Å². The van der Waals surface area contributed by atoms with Crippen LogP contribution in [0, 0.1) is 0 Å². The highest BCUT2D eigenvalue weighted by Gasteiger charge is 2.37. The van der Waals surface area contributed by atoms with Crippen molar-refractivity contribution in [2.24, 2.45) is 0 Å². The molecule has 4 nitrogen and oxygen atoms in total. The second kappa shape index (κ2) is 34.7. The summed E-state index contributed by atoms with van der Waals surface area (Å²) in [4.78, 5) is 6.00. The molecule has 1 rings (SSSR count). The summed E-state index contributed by atoms with van der Waals surface area (Å²) in [5, 5.41) is 1.83. The van der Waals surface area contributed by atoms with Gasteiger partial charge in [-0.2, -0.15) is 5.06 Å². The van der Waals surface area contributed by atoms with Gasteiger partial charge >= 0.3 is 0 Å². The number of ether oxygens (including phenoxy) is 2. The monoisotopic (exact) mass is 658 g/mol. The van der Waals surface area contributed by atoms with Crippen LogP contribution in [-0.2, 0) is 14.3 Å². The van der Waals surface area contributed by atoms with E-state index in [1.165, 1.54) is 128 Å². The Bertz CT molecular complexity index is 700. The van der Waals surface area contributed by atoms with Crippen molar-refractivity contribution in [1.82, 2.24) is 5.06 Å². The van der Waals surface area contributed by atoms with E-state index in [0.29, 0.717) is 0 Å². The molecule has 4 heteroatoms. The molecule has 0 N–H and O–H groups in total. The van der Waals surface area contributed by atoms with Crippen LogP contribution in [0.4, 0.5) is 0 Å². The van der Waals surface area contributed by atoms with E-state index in [0.717, 1.165) is 51.7 Å². The van der Waals surface area contributed by atoms with Gasteiger partial charge < -0.3 is 9.47 Å². The fraction of sp³-hybridized carbons (Fsp3) is 0.814. The number of hydrogen-bond donors (Lipinski definition) is 0. The van der Waals surface area contributed by atoms with Gasteiger partial charge in [0.1, 0.15) is 0 Å². The molecule has 0 radical (unpaired) electrons. The van der Waals surface area contributed by atoms with Gasteiger partial charge in [0.05, 0.1) is 18.3 Å². The number of allylic oxidation sites excluding steroid dienone is 8. The molecule has 2 unspecified atom stereocenters. The molecule has 0 aromatic rings. The molecular weight excluding hydrogens is 578 g/mol. The molecule has 1 aliphatic rings. The lowest BCUT2D eigenvalue weighted by Crippen LogP contribution is -2.27. The Morgan fingerprint density at radius 2 is 0.787 bits per heavy atom. The second-order valence-electron chi connectivity index (χ2n) is 14.0. The second-order valence-corrected chi connectivity index (χ2v) is 14.0. The number of hydrogen-bond acceptors (Lipinski definition) is 4. The van der Waals surface area contributed by atoms with Crippen molar-refractivity contribution in [1.29, 1.82) is 0 Å². The van der Waals surface area contributed by atoms with Gasteiger partial charge in [-0.1, -0.05) is 140 Å². The maximum Gasteiger partial charge on any atom is 0.0863 e. The van der Waals surface area contributed by atoms with Gasteiger partial charge in [-0.25, -0.2) is 0 Å². The Hall–Kier alpha value is -1.20. The third-order valence-electron chi connectivity index (χ3n) is 9.12. The third-order valence-corrected chi connectivity index (χ3v) is 9.12. The van der Waals surface area contributed by atoms with Crippen LogP contribution in [0.25, 0.3) is 0 Å². The predicted molar refractivity (Wildman–Crippen MR) is 206 cm³/mol. The molecule has 1 saturated carbocycles. The van der Waals surface area contributed by atoms with Gasteiger partial charge in [-0.15, -0.1) is 0 Å². The van der Waals surface area contributed by atoms with Crippen LogP contribution in [0.15, 0.2) is 48.6 Å². The van der Waals surface area contributed by atoms with Gasteiger partial charge in [-0.05, 0) is 77.0 Å². The zero-order valence-corrected chi connectivity index (χ0v) is 31.8. The molecule has 1 aliphatic carbocycles. The Labute approximate surface area is 293 Å². The van der Waals surface area contributed by atoms with E-state index < -0.39 is 0 Å². The summed E-state index contributed by atoms with van der Waals surface area (Å²) < 4.78 is 12.8. The average Bonchev–Trinajstić information content (AvgIpc) is 3.44. The summed E-state index contributed by atoms with van der Waals surface area (Å²) in [5.41, 5.74) is 0. The highest BCUT2D eigenvalue weighted by atomic mass is 16.7. The molecule has 2 atom stereocenters. The van der Waals surface area contributed by atoms with Gasteiger partial charge in [0.2, 0.25) is 0 Å². The molecule has 47 heavy (non-hydrogen) atoms. The van der Waals surface area contributed by atoms with Crippen LogP contribution in [0.2, 0.25) is 0 Å². The molecule has 0 aromatic carbocycles.